The highest BCUT2D eigenvalue weighted by Crippen LogP contribution is 2.29. The van der Waals surface area contributed by atoms with Gasteiger partial charge in [-0.05, 0) is 43.9 Å². The van der Waals surface area contributed by atoms with Gasteiger partial charge in [0, 0.05) is 24.0 Å². The molecular weight excluding hydrogens is 368 g/mol. The Morgan fingerprint density at radius 1 is 1.43 bits per heavy atom. The minimum Gasteiger partial charge on any atom is -0.507 e. The second kappa shape index (κ2) is 7.87. The molecule has 4 N–H and O–H groups in total. The third-order valence-electron chi connectivity index (χ3n) is 5.59. The smallest absolute Gasteiger partial charge is 0.255 e. The van der Waals surface area contributed by atoms with Crippen molar-refractivity contribution in [1.82, 2.24) is 15.6 Å². The molecule has 0 aliphatic carbocycles. The summed E-state index contributed by atoms with van der Waals surface area (Å²) in [5.41, 5.74) is -0.203. The van der Waals surface area contributed by atoms with Gasteiger partial charge in [0.25, 0.3) is 5.56 Å². The Balaban J connectivity index is 1.78. The number of amides is 1. The minimum absolute atomic E-state index is 0.0780. The van der Waals surface area contributed by atoms with Gasteiger partial charge in [-0.25, -0.2) is 8.78 Å². The van der Waals surface area contributed by atoms with Crippen molar-refractivity contribution >= 4 is 16.8 Å². The summed E-state index contributed by atoms with van der Waals surface area (Å²) in [4.78, 5) is 27.3. The molecule has 0 radical (unpaired) electrons. The van der Waals surface area contributed by atoms with E-state index in [4.69, 9.17) is 0 Å². The van der Waals surface area contributed by atoms with Crippen molar-refractivity contribution in [2.75, 3.05) is 6.54 Å². The first-order valence-electron chi connectivity index (χ1n) is 9.38. The van der Waals surface area contributed by atoms with Gasteiger partial charge in [0.1, 0.15) is 17.7 Å². The van der Waals surface area contributed by atoms with E-state index in [2.05, 4.69) is 15.6 Å². The molecule has 0 saturated carbocycles. The molecule has 152 valence electrons. The van der Waals surface area contributed by atoms with Crippen molar-refractivity contribution in [3.05, 3.63) is 39.4 Å². The van der Waals surface area contributed by atoms with Crippen molar-refractivity contribution < 1.29 is 18.7 Å². The molecule has 1 aromatic heterocycles. The van der Waals surface area contributed by atoms with Crippen LogP contribution in [0.5, 0.6) is 5.75 Å². The Bertz CT molecular complexity index is 960. The summed E-state index contributed by atoms with van der Waals surface area (Å²) in [6.45, 7) is 5.38. The number of aryl methyl sites for hydroxylation is 1. The maximum Gasteiger partial charge on any atom is 0.255 e. The molecule has 4 atom stereocenters. The van der Waals surface area contributed by atoms with Crippen LogP contribution in [0.1, 0.15) is 31.4 Å². The van der Waals surface area contributed by atoms with Gasteiger partial charge >= 0.3 is 0 Å². The molecule has 1 aliphatic heterocycles. The molecule has 3 rings (SSSR count). The van der Waals surface area contributed by atoms with E-state index in [9.17, 15) is 23.5 Å². The van der Waals surface area contributed by atoms with Crippen LogP contribution in [-0.4, -0.2) is 40.8 Å². The zero-order chi connectivity index (χ0) is 20.6. The molecule has 28 heavy (non-hydrogen) atoms. The quantitative estimate of drug-likeness (QED) is 0.640. The molecule has 0 spiro atoms. The highest BCUT2D eigenvalue weighted by atomic mass is 19.1. The first kappa shape index (κ1) is 20.3. The van der Waals surface area contributed by atoms with Crippen molar-refractivity contribution in [3.8, 4) is 5.75 Å². The van der Waals surface area contributed by atoms with Crippen LogP contribution in [0.15, 0.2) is 16.9 Å². The van der Waals surface area contributed by atoms with Crippen LogP contribution in [0, 0.1) is 18.7 Å². The predicted octanol–water partition coefficient (Wildman–Crippen LogP) is 2.06. The van der Waals surface area contributed by atoms with Crippen LogP contribution in [0.3, 0.4) is 0 Å². The molecule has 1 aromatic carbocycles. The first-order valence-corrected chi connectivity index (χ1v) is 9.38. The summed E-state index contributed by atoms with van der Waals surface area (Å²) in [5.74, 6) is -1.44. The molecule has 6 nitrogen and oxygen atoms in total. The number of hydrogen-bond acceptors (Lipinski definition) is 4. The number of fused-ring (bicyclic) bond motifs is 1. The molecule has 8 heteroatoms. The summed E-state index contributed by atoms with van der Waals surface area (Å²) in [6, 6.07) is 2.23. The lowest BCUT2D eigenvalue weighted by Gasteiger charge is -2.35. The normalized spacial score (nSPS) is 23.5. The number of benzene rings is 1. The number of hydrogen-bond donors (Lipinski definition) is 4. The largest absolute Gasteiger partial charge is 0.507 e. The summed E-state index contributed by atoms with van der Waals surface area (Å²) >= 11 is 0. The average molecular weight is 393 g/mol. The van der Waals surface area contributed by atoms with Gasteiger partial charge in [0.15, 0.2) is 0 Å². The fourth-order valence-electron chi connectivity index (χ4n) is 3.76. The number of aromatic amines is 1. The Hall–Kier alpha value is -2.48. The van der Waals surface area contributed by atoms with Crippen molar-refractivity contribution in [2.45, 2.75) is 51.9 Å². The van der Waals surface area contributed by atoms with E-state index in [1.807, 2.05) is 13.8 Å². The zero-order valence-electron chi connectivity index (χ0n) is 16.1. The van der Waals surface area contributed by atoms with E-state index in [0.29, 0.717) is 11.9 Å². The fourth-order valence-corrected chi connectivity index (χ4v) is 3.76. The number of pyridine rings is 1. The number of halogens is 2. The van der Waals surface area contributed by atoms with E-state index < -0.39 is 23.5 Å². The first-order chi connectivity index (χ1) is 13.2. The highest BCUT2D eigenvalue weighted by molar-refractivity contribution is 5.90. The van der Waals surface area contributed by atoms with E-state index >= 15 is 0 Å². The Morgan fingerprint density at radius 2 is 2.14 bits per heavy atom. The van der Waals surface area contributed by atoms with Crippen LogP contribution in [0.2, 0.25) is 0 Å². The molecule has 0 bridgehead atoms. The SMILES string of the molecule is Cc1c(F)ccc2[nH]c(=O)c(CC(=O)N[C@H](C)C3CC(C)C(F)CN3)c(O)c12. The molecule has 3 unspecified atom stereocenters. The van der Waals surface area contributed by atoms with Crippen LogP contribution in [-0.2, 0) is 11.2 Å². The number of aromatic nitrogens is 1. The van der Waals surface area contributed by atoms with Gasteiger partial charge in [-0.3, -0.25) is 9.59 Å². The predicted molar refractivity (Wildman–Crippen MR) is 103 cm³/mol. The molecule has 1 fully saturated rings. The van der Waals surface area contributed by atoms with Gasteiger partial charge in [-0.2, -0.15) is 0 Å². The minimum atomic E-state index is -0.907. The number of piperidine rings is 1. The average Bonchev–Trinajstić information content (AvgIpc) is 2.63. The van der Waals surface area contributed by atoms with Gasteiger partial charge in [0.2, 0.25) is 5.91 Å². The van der Waals surface area contributed by atoms with Gasteiger partial charge in [-0.1, -0.05) is 6.92 Å². The number of rotatable bonds is 4. The number of aromatic hydroxyl groups is 1. The molecule has 2 heterocycles. The second-order valence-corrected chi connectivity index (χ2v) is 7.65. The van der Waals surface area contributed by atoms with E-state index in [1.165, 1.54) is 19.1 Å². The van der Waals surface area contributed by atoms with Crippen LogP contribution in [0.25, 0.3) is 10.9 Å². The summed E-state index contributed by atoms with van der Waals surface area (Å²) in [7, 11) is 0. The lowest BCUT2D eigenvalue weighted by atomic mass is 9.89. The van der Waals surface area contributed by atoms with Crippen LogP contribution in [0.4, 0.5) is 8.78 Å². The molecule has 1 saturated heterocycles. The van der Waals surface area contributed by atoms with Crippen LogP contribution < -0.4 is 16.2 Å². The molecular formula is C20H25F2N3O3. The number of nitrogens with one attached hydrogen (secondary N) is 3. The Kier molecular flexibility index (Phi) is 5.69. The van der Waals surface area contributed by atoms with Crippen LogP contribution >= 0.6 is 0 Å². The van der Waals surface area contributed by atoms with Crippen molar-refractivity contribution in [1.29, 1.82) is 0 Å². The number of alkyl halides is 1. The van der Waals surface area contributed by atoms with Gasteiger partial charge < -0.3 is 20.7 Å². The molecule has 1 amide bonds. The summed E-state index contributed by atoms with van der Waals surface area (Å²) < 4.78 is 27.4. The number of carbonyl (C=O) groups excluding carboxylic acids is 1. The molecule has 1 aliphatic rings. The number of carbonyl (C=O) groups is 1. The third kappa shape index (κ3) is 3.87. The summed E-state index contributed by atoms with van der Waals surface area (Å²) in [5, 5.41) is 16.6. The Labute approximate surface area is 161 Å². The fraction of sp³-hybridized carbons (Fsp3) is 0.500. The monoisotopic (exact) mass is 393 g/mol. The van der Waals surface area contributed by atoms with E-state index in [-0.39, 0.29) is 53.2 Å². The third-order valence-corrected chi connectivity index (χ3v) is 5.59. The number of H-pyrrole nitrogens is 1. The zero-order valence-corrected chi connectivity index (χ0v) is 16.1. The van der Waals surface area contributed by atoms with Crippen molar-refractivity contribution in [3.63, 3.8) is 0 Å². The summed E-state index contributed by atoms with van der Waals surface area (Å²) in [6.07, 6.45) is -0.662. The Morgan fingerprint density at radius 3 is 2.82 bits per heavy atom. The lowest BCUT2D eigenvalue weighted by Crippen LogP contribution is -2.54. The van der Waals surface area contributed by atoms with E-state index in [1.54, 1.807) is 0 Å². The van der Waals surface area contributed by atoms with E-state index in [0.717, 1.165) is 0 Å². The standard InChI is InChI=1S/C20H25F2N3O3/c1-9-6-16(23-8-14(9)22)11(3)24-17(26)7-12-19(27)18-10(2)13(21)4-5-15(18)25-20(12)28/h4-5,9,11,14,16,23H,6-8H2,1-3H3,(H,24,26)(H2,25,27,28)/t9?,11-,14?,16?/m1/s1. The lowest BCUT2D eigenvalue weighted by molar-refractivity contribution is -0.121. The second-order valence-electron chi connectivity index (χ2n) is 7.65. The topological polar surface area (TPSA) is 94.2 Å². The van der Waals surface area contributed by atoms with Crippen molar-refractivity contribution in [2.24, 2.45) is 5.92 Å². The maximum absolute atomic E-state index is 13.8. The highest BCUT2D eigenvalue weighted by Gasteiger charge is 2.30. The maximum atomic E-state index is 13.8. The van der Waals surface area contributed by atoms with Gasteiger partial charge in [0.05, 0.1) is 17.5 Å². The van der Waals surface area contributed by atoms with Gasteiger partial charge in [-0.15, -0.1) is 0 Å². The molecule has 2 aromatic rings.